The molecule has 0 N–H and O–H groups in total. The Morgan fingerprint density at radius 1 is 1.25 bits per heavy atom. The second-order valence-corrected chi connectivity index (χ2v) is 6.04. The van der Waals surface area contributed by atoms with E-state index in [-0.39, 0.29) is 5.78 Å². The molecule has 2 rings (SSSR count). The Morgan fingerprint density at radius 2 is 2.05 bits per heavy atom. The van der Waals surface area contributed by atoms with Gasteiger partial charge in [0.25, 0.3) is 0 Å². The first-order valence-electron chi connectivity index (χ1n) is 7.29. The summed E-state index contributed by atoms with van der Waals surface area (Å²) in [5, 5.41) is 0. The minimum Gasteiger partial charge on any atom is -0.328 e. The molecule has 0 saturated carbocycles. The standard InChI is InChI=1S/C16H22N2OS/c1-3-9-18-15-8-6-5-7-14(15)17-16(18)11-13(19)12-20-10-4-2/h5-8H,3-4,9-12H2,1-2H3. The lowest BCUT2D eigenvalue weighted by Gasteiger charge is -2.07. The van der Waals surface area contributed by atoms with Gasteiger partial charge in [-0.05, 0) is 30.7 Å². The summed E-state index contributed by atoms with van der Waals surface area (Å²) in [4.78, 5) is 16.7. The van der Waals surface area contributed by atoms with Crippen molar-refractivity contribution >= 4 is 28.6 Å². The highest BCUT2D eigenvalue weighted by Gasteiger charge is 2.13. The summed E-state index contributed by atoms with van der Waals surface area (Å²) >= 11 is 1.72. The van der Waals surface area contributed by atoms with Crippen LogP contribution in [0.25, 0.3) is 11.0 Å². The number of aromatic nitrogens is 2. The van der Waals surface area contributed by atoms with Gasteiger partial charge < -0.3 is 4.57 Å². The van der Waals surface area contributed by atoms with E-state index in [1.165, 1.54) is 0 Å². The molecular weight excluding hydrogens is 268 g/mol. The van der Waals surface area contributed by atoms with Gasteiger partial charge in [-0.1, -0.05) is 26.0 Å². The normalized spacial score (nSPS) is 11.1. The number of fused-ring (bicyclic) bond motifs is 1. The largest absolute Gasteiger partial charge is 0.328 e. The Morgan fingerprint density at radius 3 is 2.80 bits per heavy atom. The van der Waals surface area contributed by atoms with Gasteiger partial charge in [0.05, 0.1) is 23.2 Å². The number of aryl methyl sites for hydroxylation is 1. The lowest BCUT2D eigenvalue weighted by molar-refractivity contribution is -0.116. The van der Waals surface area contributed by atoms with Crippen LogP contribution in [0.2, 0.25) is 0 Å². The van der Waals surface area contributed by atoms with Crippen LogP contribution < -0.4 is 0 Å². The summed E-state index contributed by atoms with van der Waals surface area (Å²) in [5.41, 5.74) is 2.13. The van der Waals surface area contributed by atoms with E-state index >= 15 is 0 Å². The molecule has 0 saturated heterocycles. The maximum absolute atomic E-state index is 12.0. The number of hydrogen-bond donors (Lipinski definition) is 0. The molecule has 1 aromatic heterocycles. The molecule has 0 amide bonds. The van der Waals surface area contributed by atoms with Crippen molar-refractivity contribution in [3.63, 3.8) is 0 Å². The molecule has 0 fully saturated rings. The predicted molar refractivity (Wildman–Crippen MR) is 86.4 cm³/mol. The number of ketones is 1. The third-order valence-corrected chi connectivity index (χ3v) is 4.37. The molecule has 3 nitrogen and oxygen atoms in total. The van der Waals surface area contributed by atoms with Crippen LogP contribution in [0.4, 0.5) is 0 Å². The number of carbonyl (C=O) groups excluding carboxylic acids is 1. The first-order chi connectivity index (χ1) is 9.76. The average Bonchev–Trinajstić information content (AvgIpc) is 2.78. The molecule has 1 heterocycles. The molecule has 108 valence electrons. The van der Waals surface area contributed by atoms with E-state index in [1.807, 2.05) is 18.2 Å². The molecule has 0 radical (unpaired) electrons. The van der Waals surface area contributed by atoms with E-state index in [0.717, 1.165) is 42.0 Å². The van der Waals surface area contributed by atoms with Gasteiger partial charge in [0.15, 0.2) is 0 Å². The monoisotopic (exact) mass is 290 g/mol. The topological polar surface area (TPSA) is 34.9 Å². The molecule has 2 aromatic rings. The SMILES string of the molecule is CCCSCC(=O)Cc1nc2ccccc2n1CCC. The predicted octanol–water partition coefficient (Wildman–Crippen LogP) is 3.70. The van der Waals surface area contributed by atoms with Crippen LogP contribution in [0.5, 0.6) is 0 Å². The third kappa shape index (κ3) is 3.63. The molecule has 0 aliphatic heterocycles. The smallest absolute Gasteiger partial charge is 0.150 e. The van der Waals surface area contributed by atoms with Gasteiger partial charge >= 0.3 is 0 Å². The lowest BCUT2D eigenvalue weighted by Crippen LogP contribution is -2.12. The number of benzene rings is 1. The van der Waals surface area contributed by atoms with E-state index in [4.69, 9.17) is 0 Å². The van der Waals surface area contributed by atoms with Crippen LogP contribution >= 0.6 is 11.8 Å². The minimum atomic E-state index is 0.274. The van der Waals surface area contributed by atoms with Crippen molar-refractivity contribution in [3.8, 4) is 0 Å². The zero-order chi connectivity index (χ0) is 14.4. The Labute approximate surface area is 124 Å². The zero-order valence-electron chi connectivity index (χ0n) is 12.3. The number of carbonyl (C=O) groups is 1. The third-order valence-electron chi connectivity index (χ3n) is 3.15. The summed E-state index contributed by atoms with van der Waals surface area (Å²) < 4.78 is 2.19. The highest BCUT2D eigenvalue weighted by molar-refractivity contribution is 7.99. The summed E-state index contributed by atoms with van der Waals surface area (Å²) in [6.07, 6.45) is 2.61. The molecule has 4 heteroatoms. The van der Waals surface area contributed by atoms with Gasteiger partial charge in [-0.25, -0.2) is 4.98 Å². The number of nitrogens with zero attached hydrogens (tertiary/aromatic N) is 2. The highest BCUT2D eigenvalue weighted by atomic mass is 32.2. The molecule has 20 heavy (non-hydrogen) atoms. The summed E-state index contributed by atoms with van der Waals surface area (Å²) in [6, 6.07) is 8.12. The average molecular weight is 290 g/mol. The van der Waals surface area contributed by atoms with Crippen LogP contribution in [0.15, 0.2) is 24.3 Å². The fourth-order valence-corrected chi connectivity index (χ4v) is 3.05. The first-order valence-corrected chi connectivity index (χ1v) is 8.45. The van der Waals surface area contributed by atoms with Gasteiger partial charge in [0.2, 0.25) is 0 Å². The number of hydrogen-bond acceptors (Lipinski definition) is 3. The van der Waals surface area contributed by atoms with Crippen LogP contribution in [0.3, 0.4) is 0 Å². The van der Waals surface area contributed by atoms with Gasteiger partial charge in [-0.15, -0.1) is 0 Å². The van der Waals surface area contributed by atoms with Crippen molar-refractivity contribution in [3.05, 3.63) is 30.1 Å². The second kappa shape index (κ2) is 7.48. The molecule has 0 atom stereocenters. The second-order valence-electron chi connectivity index (χ2n) is 4.94. The van der Waals surface area contributed by atoms with Gasteiger partial charge in [0, 0.05) is 6.54 Å². The Kier molecular flexibility index (Phi) is 5.65. The van der Waals surface area contributed by atoms with Crippen molar-refractivity contribution in [2.75, 3.05) is 11.5 Å². The highest BCUT2D eigenvalue weighted by Crippen LogP contribution is 2.17. The van der Waals surface area contributed by atoms with E-state index in [9.17, 15) is 4.79 Å². The Balaban J connectivity index is 2.16. The summed E-state index contributed by atoms with van der Waals surface area (Å²) in [6.45, 7) is 5.21. The Hall–Kier alpha value is -1.29. The molecule has 0 aliphatic carbocycles. The maximum atomic E-state index is 12.0. The van der Waals surface area contributed by atoms with Crippen molar-refractivity contribution in [2.24, 2.45) is 0 Å². The molecule has 0 spiro atoms. The quantitative estimate of drug-likeness (QED) is 0.695. The van der Waals surface area contributed by atoms with E-state index in [0.29, 0.717) is 12.2 Å². The van der Waals surface area contributed by atoms with E-state index < -0.39 is 0 Å². The first kappa shape index (κ1) is 15.1. The van der Waals surface area contributed by atoms with E-state index in [1.54, 1.807) is 11.8 Å². The van der Waals surface area contributed by atoms with Crippen molar-refractivity contribution in [1.82, 2.24) is 9.55 Å². The minimum absolute atomic E-state index is 0.274. The number of thioether (sulfide) groups is 1. The van der Waals surface area contributed by atoms with Crippen LogP contribution in [0.1, 0.15) is 32.5 Å². The molecular formula is C16H22N2OS. The van der Waals surface area contributed by atoms with Gasteiger partial charge in [0.1, 0.15) is 11.6 Å². The molecule has 0 unspecified atom stereocenters. The Bertz CT molecular complexity index is 577. The fraction of sp³-hybridized carbons (Fsp3) is 0.500. The van der Waals surface area contributed by atoms with Crippen LogP contribution in [-0.2, 0) is 17.8 Å². The van der Waals surface area contributed by atoms with E-state index in [2.05, 4.69) is 29.5 Å². The van der Waals surface area contributed by atoms with Crippen LogP contribution in [-0.4, -0.2) is 26.8 Å². The fourth-order valence-electron chi connectivity index (χ4n) is 2.29. The molecule has 0 bridgehead atoms. The number of rotatable bonds is 8. The zero-order valence-corrected chi connectivity index (χ0v) is 13.1. The van der Waals surface area contributed by atoms with Crippen LogP contribution in [0, 0.1) is 0 Å². The van der Waals surface area contributed by atoms with Crippen molar-refractivity contribution in [1.29, 1.82) is 0 Å². The summed E-state index contributed by atoms with van der Waals surface area (Å²) in [7, 11) is 0. The van der Waals surface area contributed by atoms with Crippen molar-refractivity contribution < 1.29 is 4.79 Å². The summed E-state index contributed by atoms with van der Waals surface area (Å²) in [5.74, 6) is 2.84. The number of para-hydroxylation sites is 2. The molecule has 1 aromatic carbocycles. The molecule has 0 aliphatic rings. The lowest BCUT2D eigenvalue weighted by atomic mass is 10.3. The maximum Gasteiger partial charge on any atom is 0.150 e. The van der Waals surface area contributed by atoms with Gasteiger partial charge in [-0.3, -0.25) is 4.79 Å². The van der Waals surface area contributed by atoms with Gasteiger partial charge in [-0.2, -0.15) is 11.8 Å². The van der Waals surface area contributed by atoms with Crippen molar-refractivity contribution in [2.45, 2.75) is 39.7 Å². The number of imidazole rings is 1. The number of Topliss-reactive ketones (excluding diaryl/α,β-unsaturated/α-hetero) is 1.